The molecule has 0 bridgehead atoms. The van der Waals surface area contributed by atoms with E-state index < -0.39 is 0 Å². The van der Waals surface area contributed by atoms with Crippen LogP contribution in [0.4, 0.5) is 0 Å². The van der Waals surface area contributed by atoms with Crippen LogP contribution in [-0.4, -0.2) is 12.9 Å². The van der Waals surface area contributed by atoms with Crippen LogP contribution in [0.5, 0.6) is 5.75 Å². The van der Waals surface area contributed by atoms with Gasteiger partial charge in [-0.3, -0.25) is 4.79 Å². The topological polar surface area (TPSA) is 26.3 Å². The van der Waals surface area contributed by atoms with E-state index in [1.54, 1.807) is 13.2 Å². The van der Waals surface area contributed by atoms with Gasteiger partial charge in [0.1, 0.15) is 5.75 Å². The molecule has 2 heteroatoms. The van der Waals surface area contributed by atoms with E-state index in [2.05, 4.69) is 6.58 Å². The molecule has 0 radical (unpaired) electrons. The number of rotatable bonds is 4. The van der Waals surface area contributed by atoms with Gasteiger partial charge in [-0.1, -0.05) is 24.8 Å². The standard InChI is InChI=1S/C12H12O2/c1-3-11(13)9-8-10-6-4-5-7-12(10)14-2/h3-9H,1H2,2H3. The number of ether oxygens (including phenoxy) is 1. The van der Waals surface area contributed by atoms with Crippen molar-refractivity contribution in [3.63, 3.8) is 0 Å². The van der Waals surface area contributed by atoms with Crippen molar-refractivity contribution in [1.29, 1.82) is 0 Å². The predicted octanol–water partition coefficient (Wildman–Crippen LogP) is 2.46. The van der Waals surface area contributed by atoms with E-state index in [-0.39, 0.29) is 5.78 Å². The minimum atomic E-state index is -0.115. The first-order chi connectivity index (χ1) is 6.77. The first-order valence-corrected chi connectivity index (χ1v) is 4.25. The van der Waals surface area contributed by atoms with E-state index in [9.17, 15) is 4.79 Å². The second-order valence-corrected chi connectivity index (χ2v) is 2.68. The summed E-state index contributed by atoms with van der Waals surface area (Å²) in [6.45, 7) is 3.38. The van der Waals surface area contributed by atoms with E-state index in [0.29, 0.717) is 0 Å². The number of allylic oxidation sites excluding steroid dienone is 2. The van der Waals surface area contributed by atoms with Gasteiger partial charge in [0.05, 0.1) is 7.11 Å². The van der Waals surface area contributed by atoms with Crippen LogP contribution in [0.2, 0.25) is 0 Å². The molecule has 0 unspecified atom stereocenters. The Labute approximate surface area is 83.5 Å². The number of hydrogen-bond donors (Lipinski definition) is 0. The molecule has 0 aromatic heterocycles. The number of carbonyl (C=O) groups is 1. The zero-order valence-corrected chi connectivity index (χ0v) is 8.07. The molecule has 0 atom stereocenters. The number of hydrogen-bond acceptors (Lipinski definition) is 2. The van der Waals surface area contributed by atoms with Gasteiger partial charge in [0.15, 0.2) is 5.78 Å². The summed E-state index contributed by atoms with van der Waals surface area (Å²) in [6, 6.07) is 7.50. The number of para-hydroxylation sites is 1. The second-order valence-electron chi connectivity index (χ2n) is 2.68. The van der Waals surface area contributed by atoms with E-state index in [1.165, 1.54) is 12.2 Å². The third kappa shape index (κ3) is 2.59. The molecule has 0 saturated carbocycles. The molecule has 0 N–H and O–H groups in total. The summed E-state index contributed by atoms with van der Waals surface area (Å²) < 4.78 is 5.12. The average Bonchev–Trinajstić information content (AvgIpc) is 2.26. The van der Waals surface area contributed by atoms with Crippen molar-refractivity contribution in [1.82, 2.24) is 0 Å². The normalized spacial score (nSPS) is 10.1. The quantitative estimate of drug-likeness (QED) is 0.678. The summed E-state index contributed by atoms with van der Waals surface area (Å²) in [5.74, 6) is 0.636. The molecule has 0 aliphatic heterocycles. The minimum absolute atomic E-state index is 0.115. The van der Waals surface area contributed by atoms with Crippen molar-refractivity contribution in [2.24, 2.45) is 0 Å². The van der Waals surface area contributed by atoms with E-state index in [0.717, 1.165) is 11.3 Å². The number of ketones is 1. The molecule has 0 aliphatic carbocycles. The Hall–Kier alpha value is -1.83. The van der Waals surface area contributed by atoms with Crippen molar-refractivity contribution in [3.8, 4) is 5.75 Å². The van der Waals surface area contributed by atoms with Gasteiger partial charge < -0.3 is 4.74 Å². The highest BCUT2D eigenvalue weighted by Crippen LogP contribution is 2.18. The molecule has 1 aromatic carbocycles. The van der Waals surface area contributed by atoms with Crippen LogP contribution in [0.3, 0.4) is 0 Å². The summed E-state index contributed by atoms with van der Waals surface area (Å²) in [5, 5.41) is 0. The zero-order valence-electron chi connectivity index (χ0n) is 8.07. The smallest absolute Gasteiger partial charge is 0.178 e. The molecule has 0 amide bonds. The van der Waals surface area contributed by atoms with Crippen LogP contribution >= 0.6 is 0 Å². The number of benzene rings is 1. The predicted molar refractivity (Wildman–Crippen MR) is 57.2 cm³/mol. The maximum atomic E-state index is 10.9. The van der Waals surface area contributed by atoms with Crippen molar-refractivity contribution < 1.29 is 9.53 Å². The van der Waals surface area contributed by atoms with Crippen LogP contribution in [0.1, 0.15) is 5.56 Å². The molecule has 72 valence electrons. The highest BCUT2D eigenvalue weighted by Gasteiger charge is 1.96. The summed E-state index contributed by atoms with van der Waals surface area (Å²) in [7, 11) is 1.60. The molecule has 1 aromatic rings. The van der Waals surface area contributed by atoms with Crippen molar-refractivity contribution in [2.75, 3.05) is 7.11 Å². The summed E-state index contributed by atoms with van der Waals surface area (Å²) in [6.07, 6.45) is 4.44. The Morgan fingerprint density at radius 1 is 1.43 bits per heavy atom. The lowest BCUT2D eigenvalue weighted by Crippen LogP contribution is -1.87. The highest BCUT2D eigenvalue weighted by molar-refractivity contribution is 6.01. The van der Waals surface area contributed by atoms with Gasteiger partial charge in [0, 0.05) is 5.56 Å². The first kappa shape index (κ1) is 10.3. The Morgan fingerprint density at radius 3 is 2.79 bits per heavy atom. The summed E-state index contributed by atoms with van der Waals surface area (Å²) in [5.41, 5.74) is 0.880. The SMILES string of the molecule is C=CC(=O)C=Cc1ccccc1OC. The van der Waals surface area contributed by atoms with Crippen LogP contribution in [0, 0.1) is 0 Å². The third-order valence-electron chi connectivity index (χ3n) is 1.77. The maximum absolute atomic E-state index is 10.9. The Morgan fingerprint density at radius 2 is 2.14 bits per heavy atom. The fraction of sp³-hybridized carbons (Fsp3) is 0.0833. The van der Waals surface area contributed by atoms with Crippen LogP contribution in [0.15, 0.2) is 43.0 Å². The zero-order chi connectivity index (χ0) is 10.4. The van der Waals surface area contributed by atoms with Gasteiger partial charge >= 0.3 is 0 Å². The lowest BCUT2D eigenvalue weighted by atomic mass is 10.1. The van der Waals surface area contributed by atoms with Crippen LogP contribution in [0.25, 0.3) is 6.08 Å². The molecule has 14 heavy (non-hydrogen) atoms. The van der Waals surface area contributed by atoms with Crippen molar-refractivity contribution in [2.45, 2.75) is 0 Å². The summed E-state index contributed by atoms with van der Waals surface area (Å²) in [4.78, 5) is 10.9. The van der Waals surface area contributed by atoms with Gasteiger partial charge in [-0.2, -0.15) is 0 Å². The van der Waals surface area contributed by atoms with Crippen LogP contribution in [-0.2, 0) is 4.79 Å². The van der Waals surface area contributed by atoms with Crippen LogP contribution < -0.4 is 4.74 Å². The highest BCUT2D eigenvalue weighted by atomic mass is 16.5. The lowest BCUT2D eigenvalue weighted by molar-refractivity contribution is -0.110. The summed E-state index contributed by atoms with van der Waals surface area (Å²) >= 11 is 0. The number of carbonyl (C=O) groups excluding carboxylic acids is 1. The van der Waals surface area contributed by atoms with E-state index in [1.807, 2.05) is 24.3 Å². The Bertz CT molecular complexity index is 364. The molecule has 0 fully saturated rings. The number of methoxy groups -OCH3 is 1. The minimum Gasteiger partial charge on any atom is -0.496 e. The van der Waals surface area contributed by atoms with Gasteiger partial charge in [-0.05, 0) is 24.3 Å². The molecule has 0 spiro atoms. The van der Waals surface area contributed by atoms with Crippen molar-refractivity contribution >= 4 is 11.9 Å². The molecule has 0 aliphatic rings. The fourth-order valence-corrected chi connectivity index (χ4v) is 1.04. The largest absolute Gasteiger partial charge is 0.496 e. The van der Waals surface area contributed by atoms with Crippen molar-refractivity contribution in [3.05, 3.63) is 48.6 Å². The average molecular weight is 188 g/mol. The molecule has 0 heterocycles. The van der Waals surface area contributed by atoms with Gasteiger partial charge in [0.25, 0.3) is 0 Å². The fourth-order valence-electron chi connectivity index (χ4n) is 1.04. The monoisotopic (exact) mass is 188 g/mol. The van der Waals surface area contributed by atoms with E-state index >= 15 is 0 Å². The Kier molecular flexibility index (Phi) is 3.68. The molecular weight excluding hydrogens is 176 g/mol. The Balaban J connectivity index is 2.90. The molecule has 1 rings (SSSR count). The third-order valence-corrected chi connectivity index (χ3v) is 1.77. The molecule has 2 nitrogen and oxygen atoms in total. The molecular formula is C12H12O2. The first-order valence-electron chi connectivity index (χ1n) is 4.25. The molecule has 0 saturated heterocycles. The second kappa shape index (κ2) is 5.02. The van der Waals surface area contributed by atoms with Gasteiger partial charge in [-0.25, -0.2) is 0 Å². The maximum Gasteiger partial charge on any atom is 0.178 e. The lowest BCUT2D eigenvalue weighted by Gasteiger charge is -2.02. The van der Waals surface area contributed by atoms with E-state index in [4.69, 9.17) is 4.74 Å². The van der Waals surface area contributed by atoms with Gasteiger partial charge in [0.2, 0.25) is 0 Å². The van der Waals surface area contributed by atoms with Gasteiger partial charge in [-0.15, -0.1) is 0 Å².